The summed E-state index contributed by atoms with van der Waals surface area (Å²) >= 11 is 0. The number of hydrogen-bond acceptors (Lipinski definition) is 4. The van der Waals surface area contributed by atoms with Crippen molar-refractivity contribution in [3.8, 4) is 0 Å². The summed E-state index contributed by atoms with van der Waals surface area (Å²) in [5.74, 6) is 0.133. The second-order valence-electron chi connectivity index (χ2n) is 5.60. The predicted octanol–water partition coefficient (Wildman–Crippen LogP) is 1.57. The largest absolute Gasteiger partial charge is 0.371 e. The van der Waals surface area contributed by atoms with E-state index in [0.29, 0.717) is 11.3 Å². The van der Waals surface area contributed by atoms with Crippen LogP contribution in [-0.2, 0) is 0 Å². The smallest absolute Gasteiger partial charge is 0.249 e. The molecule has 19 heavy (non-hydrogen) atoms. The molecule has 0 radical (unpaired) electrons. The van der Waals surface area contributed by atoms with Gasteiger partial charge in [0, 0.05) is 19.2 Å². The fourth-order valence-corrected chi connectivity index (χ4v) is 2.31. The van der Waals surface area contributed by atoms with Gasteiger partial charge in [-0.1, -0.05) is 20.8 Å². The molecule has 0 unspecified atom stereocenters. The molecule has 0 aliphatic heterocycles. The van der Waals surface area contributed by atoms with Gasteiger partial charge >= 0.3 is 0 Å². The minimum absolute atomic E-state index is 0.133. The summed E-state index contributed by atoms with van der Waals surface area (Å²) in [5, 5.41) is 0. The molecule has 0 fully saturated rings. The Labute approximate surface area is 115 Å². The van der Waals surface area contributed by atoms with Gasteiger partial charge in [0.25, 0.3) is 0 Å². The Morgan fingerprint density at radius 2 is 1.58 bits per heavy atom. The minimum Gasteiger partial charge on any atom is -0.371 e. The molecule has 0 saturated carbocycles. The van der Waals surface area contributed by atoms with E-state index in [0.717, 1.165) is 32.5 Å². The molecule has 0 aromatic heterocycles. The highest BCUT2D eigenvalue weighted by Crippen LogP contribution is 2.21. The first-order valence-electron chi connectivity index (χ1n) is 7.13. The predicted molar refractivity (Wildman–Crippen MR) is 81.1 cm³/mol. The van der Waals surface area contributed by atoms with Gasteiger partial charge in [-0.15, -0.1) is 0 Å². The zero-order valence-corrected chi connectivity index (χ0v) is 12.8. The van der Waals surface area contributed by atoms with Crippen molar-refractivity contribution in [2.75, 3.05) is 38.6 Å². The van der Waals surface area contributed by atoms with E-state index >= 15 is 0 Å². The van der Waals surface area contributed by atoms with Crippen molar-refractivity contribution in [2.24, 2.45) is 0 Å². The summed E-state index contributed by atoms with van der Waals surface area (Å²) in [4.78, 5) is 27.4. The van der Waals surface area contributed by atoms with Crippen LogP contribution in [0, 0.1) is 0 Å². The minimum atomic E-state index is -0.308. The Balaban J connectivity index is 2.51. The Hall–Kier alpha value is -1.16. The van der Waals surface area contributed by atoms with Crippen LogP contribution in [0.2, 0.25) is 0 Å². The van der Waals surface area contributed by atoms with Crippen LogP contribution in [0.1, 0.15) is 45.1 Å². The quantitative estimate of drug-likeness (QED) is 0.529. The van der Waals surface area contributed by atoms with E-state index in [4.69, 9.17) is 0 Å². The van der Waals surface area contributed by atoms with Crippen LogP contribution in [0.3, 0.4) is 0 Å². The molecular formula is C15H26N2O2. The van der Waals surface area contributed by atoms with Crippen molar-refractivity contribution in [1.29, 1.82) is 0 Å². The summed E-state index contributed by atoms with van der Waals surface area (Å²) in [5.41, 5.74) is 0.751. The molecule has 0 saturated heterocycles. The molecule has 0 aliphatic carbocycles. The molecule has 0 heterocycles. The first-order chi connectivity index (χ1) is 8.90. The molecule has 0 N–H and O–H groups in total. The zero-order chi connectivity index (χ0) is 14.6. The maximum absolute atomic E-state index is 11.6. The molecule has 108 valence electrons. The van der Waals surface area contributed by atoms with Crippen molar-refractivity contribution in [3.05, 3.63) is 26.0 Å². The van der Waals surface area contributed by atoms with E-state index in [9.17, 15) is 9.59 Å². The first kappa shape index (κ1) is 15.9. The van der Waals surface area contributed by atoms with Crippen LogP contribution >= 0.6 is 0 Å². The average Bonchev–Trinajstić information content (AvgIpc) is 2.38. The molecule has 4 nitrogen and oxygen atoms in total. The number of anilines is 1. The molecule has 1 aromatic rings. The molecule has 0 amide bonds. The van der Waals surface area contributed by atoms with Crippen LogP contribution in [-0.4, -0.2) is 38.6 Å². The highest BCUT2D eigenvalue weighted by molar-refractivity contribution is 5.59. The molecule has 4 heteroatoms. The van der Waals surface area contributed by atoms with Gasteiger partial charge in [-0.05, 0) is 38.9 Å². The lowest BCUT2D eigenvalue weighted by Gasteiger charge is -2.25. The Morgan fingerprint density at radius 1 is 1.00 bits per heavy atom. The maximum Gasteiger partial charge on any atom is 0.249 e. The third-order valence-electron chi connectivity index (χ3n) is 3.70. The van der Waals surface area contributed by atoms with E-state index in [2.05, 4.69) is 18.9 Å². The van der Waals surface area contributed by atoms with Crippen LogP contribution in [0.5, 0.6) is 0 Å². The summed E-state index contributed by atoms with van der Waals surface area (Å²) < 4.78 is 0. The fourth-order valence-electron chi connectivity index (χ4n) is 2.31. The van der Waals surface area contributed by atoms with Crippen molar-refractivity contribution < 1.29 is 0 Å². The topological polar surface area (TPSA) is 40.6 Å². The van der Waals surface area contributed by atoms with E-state index in [-0.39, 0.29) is 16.8 Å². The van der Waals surface area contributed by atoms with Crippen molar-refractivity contribution in [3.63, 3.8) is 0 Å². The van der Waals surface area contributed by atoms with Gasteiger partial charge in [-0.25, -0.2) is 0 Å². The van der Waals surface area contributed by atoms with E-state index < -0.39 is 0 Å². The lowest BCUT2D eigenvalue weighted by Crippen LogP contribution is -2.43. The fraction of sp³-hybridized carbons (Fsp3) is 0.733. The summed E-state index contributed by atoms with van der Waals surface area (Å²) in [6.07, 6.45) is 2.15. The van der Waals surface area contributed by atoms with Crippen LogP contribution < -0.4 is 15.8 Å². The Bertz CT molecular complexity index is 473. The van der Waals surface area contributed by atoms with Gasteiger partial charge in [0.2, 0.25) is 10.9 Å². The van der Waals surface area contributed by atoms with Gasteiger partial charge in [0.15, 0.2) is 0 Å². The highest BCUT2D eigenvalue weighted by Gasteiger charge is 2.25. The van der Waals surface area contributed by atoms with E-state index in [1.807, 2.05) is 25.8 Å². The van der Waals surface area contributed by atoms with Crippen LogP contribution in [0.25, 0.3) is 0 Å². The molecule has 0 bridgehead atoms. The second-order valence-corrected chi connectivity index (χ2v) is 5.60. The molecular weight excluding hydrogens is 240 g/mol. The Kier molecular flexibility index (Phi) is 5.73. The first-order valence-corrected chi connectivity index (χ1v) is 7.13. The van der Waals surface area contributed by atoms with Gasteiger partial charge < -0.3 is 9.80 Å². The molecule has 0 atom stereocenters. The standard InChI is InChI=1S/C15H26N2O2/c1-6-16(4)9-7-8-10-17(5)13-12(11(2)3)14(18)15(13)19/h11H,6-10H2,1-5H3. The summed E-state index contributed by atoms with van der Waals surface area (Å²) in [6, 6.07) is 0. The van der Waals surface area contributed by atoms with Crippen molar-refractivity contribution in [1.82, 2.24) is 4.90 Å². The monoisotopic (exact) mass is 266 g/mol. The molecule has 1 rings (SSSR count). The zero-order valence-electron chi connectivity index (χ0n) is 12.8. The van der Waals surface area contributed by atoms with Crippen molar-refractivity contribution >= 4 is 5.69 Å². The van der Waals surface area contributed by atoms with E-state index in [1.165, 1.54) is 0 Å². The van der Waals surface area contributed by atoms with Gasteiger partial charge in [-0.2, -0.15) is 0 Å². The third-order valence-corrected chi connectivity index (χ3v) is 3.70. The van der Waals surface area contributed by atoms with E-state index in [1.54, 1.807) is 0 Å². The van der Waals surface area contributed by atoms with Gasteiger partial charge in [0.05, 0.1) is 5.69 Å². The number of hydrogen-bond donors (Lipinski definition) is 0. The lowest BCUT2D eigenvalue weighted by atomic mass is 9.95. The third kappa shape index (κ3) is 3.66. The van der Waals surface area contributed by atoms with Gasteiger partial charge in [-0.3, -0.25) is 9.59 Å². The summed E-state index contributed by atoms with van der Waals surface area (Å²) in [7, 11) is 4.02. The highest BCUT2D eigenvalue weighted by atomic mass is 16.2. The SMILES string of the molecule is CCN(C)CCCCN(C)c1c(C(C)C)c(=O)c1=O. The molecule has 0 aliphatic rings. The number of nitrogens with zero attached hydrogens (tertiary/aromatic N) is 2. The lowest BCUT2D eigenvalue weighted by molar-refractivity contribution is 0.344. The van der Waals surface area contributed by atoms with Crippen molar-refractivity contribution in [2.45, 2.75) is 39.5 Å². The van der Waals surface area contributed by atoms with Crippen LogP contribution in [0.15, 0.2) is 9.59 Å². The van der Waals surface area contributed by atoms with Crippen LogP contribution in [0.4, 0.5) is 5.69 Å². The average molecular weight is 266 g/mol. The maximum atomic E-state index is 11.6. The van der Waals surface area contributed by atoms with Gasteiger partial charge in [0.1, 0.15) is 0 Å². The molecule has 1 aromatic carbocycles. The second kappa shape index (κ2) is 6.85. The Morgan fingerprint density at radius 3 is 2.11 bits per heavy atom. The molecule has 0 spiro atoms. The number of unbranched alkanes of at least 4 members (excludes halogenated alkanes) is 1. The summed E-state index contributed by atoms with van der Waals surface area (Å²) in [6.45, 7) is 9.04. The normalized spacial score (nSPS) is 11.7. The number of rotatable bonds is 8.